The third-order valence-electron chi connectivity index (χ3n) is 2.25. The fourth-order valence-corrected chi connectivity index (χ4v) is 4.48. The van der Waals surface area contributed by atoms with Crippen LogP contribution in [0.4, 0.5) is 0 Å². The zero-order valence-electron chi connectivity index (χ0n) is 9.29. The largest absolute Gasteiger partial charge is 0.508 e. The van der Waals surface area contributed by atoms with Crippen LogP contribution in [-0.2, 0) is 13.3 Å². The Morgan fingerprint density at radius 1 is 1.07 bits per heavy atom. The summed E-state index contributed by atoms with van der Waals surface area (Å²) in [5.41, 5.74) is 0.377. The van der Waals surface area contributed by atoms with E-state index in [-0.39, 0.29) is 0 Å². The SMILES string of the molecule is CCO[Si](OCC)(OCC)C1C=CC1. The fourth-order valence-electron chi connectivity index (χ4n) is 1.58. The standard InChI is InChI=1S/C10H20O3Si/c1-4-11-14(12-5-2,13-6-3)10-8-7-9-10/h7-8,10H,4-6,9H2,1-3H3. The predicted octanol–water partition coefficient (Wildman–Crippen LogP) is 2.36. The average Bonchev–Trinajstić information content (AvgIpc) is 2.02. The molecule has 1 unspecified atom stereocenters. The van der Waals surface area contributed by atoms with E-state index in [0.717, 1.165) is 6.42 Å². The molecule has 4 heteroatoms. The molecule has 1 aliphatic rings. The molecule has 0 radical (unpaired) electrons. The Kier molecular flexibility index (Phi) is 4.81. The molecule has 0 amide bonds. The summed E-state index contributed by atoms with van der Waals surface area (Å²) in [4.78, 5) is 0. The first-order valence-corrected chi connectivity index (χ1v) is 7.17. The molecule has 0 saturated heterocycles. The van der Waals surface area contributed by atoms with E-state index in [1.165, 1.54) is 0 Å². The van der Waals surface area contributed by atoms with Gasteiger partial charge in [0.2, 0.25) is 0 Å². The lowest BCUT2D eigenvalue weighted by molar-refractivity contribution is 0.0639. The smallest absolute Gasteiger partial charge is 0.373 e. The van der Waals surface area contributed by atoms with E-state index < -0.39 is 8.80 Å². The van der Waals surface area contributed by atoms with Crippen molar-refractivity contribution < 1.29 is 13.3 Å². The molecule has 1 aliphatic carbocycles. The molecule has 0 aromatic carbocycles. The molecule has 0 saturated carbocycles. The molecule has 0 aromatic rings. The number of allylic oxidation sites excluding steroid dienone is 2. The summed E-state index contributed by atoms with van der Waals surface area (Å²) >= 11 is 0. The Hall–Kier alpha value is -0.163. The van der Waals surface area contributed by atoms with Gasteiger partial charge in [-0.15, -0.1) is 0 Å². The first-order valence-electron chi connectivity index (χ1n) is 5.37. The van der Waals surface area contributed by atoms with Gasteiger partial charge >= 0.3 is 8.80 Å². The summed E-state index contributed by atoms with van der Waals surface area (Å²) in [7, 11) is -2.40. The molecular weight excluding hydrogens is 196 g/mol. The zero-order chi connectivity index (χ0) is 10.4. The fraction of sp³-hybridized carbons (Fsp3) is 0.800. The number of hydrogen-bond acceptors (Lipinski definition) is 3. The molecule has 14 heavy (non-hydrogen) atoms. The molecule has 1 rings (SSSR count). The van der Waals surface area contributed by atoms with Gasteiger partial charge in [0.05, 0.1) is 5.54 Å². The Morgan fingerprint density at radius 2 is 1.50 bits per heavy atom. The van der Waals surface area contributed by atoms with Crippen LogP contribution in [-0.4, -0.2) is 28.6 Å². The van der Waals surface area contributed by atoms with Gasteiger partial charge in [-0.1, -0.05) is 12.2 Å². The maximum atomic E-state index is 5.76. The maximum Gasteiger partial charge on any atom is 0.508 e. The van der Waals surface area contributed by atoms with Gasteiger partial charge in [0.15, 0.2) is 0 Å². The number of hydrogen-bond donors (Lipinski definition) is 0. The normalized spacial score (nSPS) is 20.9. The van der Waals surface area contributed by atoms with Gasteiger partial charge in [0.1, 0.15) is 0 Å². The molecule has 0 aliphatic heterocycles. The van der Waals surface area contributed by atoms with Crippen molar-refractivity contribution in [3.8, 4) is 0 Å². The van der Waals surface area contributed by atoms with Crippen molar-refractivity contribution in [2.24, 2.45) is 0 Å². The van der Waals surface area contributed by atoms with Crippen molar-refractivity contribution in [2.45, 2.75) is 32.7 Å². The molecule has 0 fully saturated rings. The molecule has 0 heterocycles. The first kappa shape index (κ1) is 11.9. The lowest BCUT2D eigenvalue weighted by Crippen LogP contribution is -2.51. The van der Waals surface area contributed by atoms with Crippen LogP contribution in [0.25, 0.3) is 0 Å². The van der Waals surface area contributed by atoms with E-state index in [4.69, 9.17) is 13.3 Å². The predicted molar refractivity (Wildman–Crippen MR) is 58.1 cm³/mol. The highest BCUT2D eigenvalue weighted by molar-refractivity contribution is 6.63. The Bertz CT molecular complexity index is 177. The van der Waals surface area contributed by atoms with Crippen LogP contribution in [0, 0.1) is 0 Å². The van der Waals surface area contributed by atoms with Crippen molar-refractivity contribution in [1.29, 1.82) is 0 Å². The van der Waals surface area contributed by atoms with Crippen molar-refractivity contribution in [3.05, 3.63) is 12.2 Å². The summed E-state index contributed by atoms with van der Waals surface area (Å²) < 4.78 is 17.3. The highest BCUT2D eigenvalue weighted by Crippen LogP contribution is 2.36. The van der Waals surface area contributed by atoms with Crippen LogP contribution in [0.15, 0.2) is 12.2 Å². The van der Waals surface area contributed by atoms with Gasteiger partial charge in [-0.25, -0.2) is 0 Å². The highest BCUT2D eigenvalue weighted by Gasteiger charge is 2.49. The van der Waals surface area contributed by atoms with E-state index in [0.29, 0.717) is 25.4 Å². The lowest BCUT2D eigenvalue weighted by Gasteiger charge is -2.36. The van der Waals surface area contributed by atoms with Crippen LogP contribution >= 0.6 is 0 Å². The Balaban J connectivity index is 2.65. The van der Waals surface area contributed by atoms with E-state index in [2.05, 4.69) is 12.2 Å². The first-order chi connectivity index (χ1) is 6.79. The van der Waals surface area contributed by atoms with Crippen LogP contribution < -0.4 is 0 Å². The van der Waals surface area contributed by atoms with Gasteiger partial charge in [-0.3, -0.25) is 0 Å². The summed E-state index contributed by atoms with van der Waals surface area (Å²) in [6.07, 6.45) is 5.32. The monoisotopic (exact) mass is 216 g/mol. The van der Waals surface area contributed by atoms with Crippen LogP contribution in [0.1, 0.15) is 27.2 Å². The molecule has 0 spiro atoms. The Morgan fingerprint density at radius 3 is 1.71 bits per heavy atom. The van der Waals surface area contributed by atoms with Gasteiger partial charge < -0.3 is 13.3 Å². The highest BCUT2D eigenvalue weighted by atomic mass is 28.4. The second-order valence-electron chi connectivity index (χ2n) is 3.17. The topological polar surface area (TPSA) is 27.7 Å². The van der Waals surface area contributed by atoms with Crippen LogP contribution in [0.3, 0.4) is 0 Å². The van der Waals surface area contributed by atoms with Gasteiger partial charge in [-0.05, 0) is 27.2 Å². The minimum atomic E-state index is -2.40. The van der Waals surface area contributed by atoms with E-state index >= 15 is 0 Å². The quantitative estimate of drug-likeness (QED) is 0.483. The minimum Gasteiger partial charge on any atom is -0.373 e. The molecule has 0 aromatic heterocycles. The molecule has 0 bridgehead atoms. The summed E-state index contributed by atoms with van der Waals surface area (Å²) in [5.74, 6) is 0. The van der Waals surface area contributed by atoms with Crippen LogP contribution in [0.5, 0.6) is 0 Å². The summed E-state index contributed by atoms with van der Waals surface area (Å²) in [5, 5.41) is 0. The second kappa shape index (κ2) is 5.65. The van der Waals surface area contributed by atoms with Gasteiger partial charge in [-0.2, -0.15) is 0 Å². The minimum absolute atomic E-state index is 0.377. The summed E-state index contributed by atoms with van der Waals surface area (Å²) in [6.45, 7) is 7.95. The van der Waals surface area contributed by atoms with Crippen molar-refractivity contribution in [2.75, 3.05) is 19.8 Å². The molecule has 82 valence electrons. The van der Waals surface area contributed by atoms with E-state index in [1.807, 2.05) is 20.8 Å². The molecule has 0 N–H and O–H groups in total. The third-order valence-corrected chi connectivity index (χ3v) is 5.66. The molecular formula is C10H20O3Si. The Labute approximate surface area is 87.4 Å². The van der Waals surface area contributed by atoms with Gasteiger partial charge in [0.25, 0.3) is 0 Å². The zero-order valence-corrected chi connectivity index (χ0v) is 10.3. The van der Waals surface area contributed by atoms with Crippen LogP contribution in [0.2, 0.25) is 5.54 Å². The molecule has 3 nitrogen and oxygen atoms in total. The second-order valence-corrected chi connectivity index (χ2v) is 5.99. The van der Waals surface area contributed by atoms with Crippen molar-refractivity contribution in [1.82, 2.24) is 0 Å². The third kappa shape index (κ3) is 2.45. The van der Waals surface area contributed by atoms with E-state index in [1.54, 1.807) is 0 Å². The number of rotatable bonds is 7. The summed E-state index contributed by atoms with van der Waals surface area (Å²) in [6, 6.07) is 0. The maximum absolute atomic E-state index is 5.76. The van der Waals surface area contributed by atoms with Crippen molar-refractivity contribution in [3.63, 3.8) is 0 Å². The van der Waals surface area contributed by atoms with E-state index in [9.17, 15) is 0 Å². The lowest BCUT2D eigenvalue weighted by atomic mass is 10.1. The van der Waals surface area contributed by atoms with Gasteiger partial charge in [0, 0.05) is 19.8 Å². The molecule has 1 atom stereocenters. The average molecular weight is 216 g/mol. The van der Waals surface area contributed by atoms with Crippen molar-refractivity contribution >= 4 is 8.80 Å².